The lowest BCUT2D eigenvalue weighted by Crippen LogP contribution is -2.30. The second-order valence-corrected chi connectivity index (χ2v) is 7.29. The van der Waals surface area contributed by atoms with Crippen molar-refractivity contribution in [3.63, 3.8) is 0 Å². The molecule has 1 amide bonds. The molecule has 0 bridgehead atoms. The van der Waals surface area contributed by atoms with Gasteiger partial charge in [-0.3, -0.25) is 9.78 Å². The highest BCUT2D eigenvalue weighted by Crippen LogP contribution is 2.34. The van der Waals surface area contributed by atoms with Crippen LogP contribution in [0.15, 0.2) is 54.7 Å². The number of hydrogen-bond acceptors (Lipinski definition) is 5. The number of phenols is 1. The number of rotatable bonds is 6. The molecule has 3 aromatic rings. The van der Waals surface area contributed by atoms with Crippen LogP contribution in [0, 0.1) is 5.92 Å². The Morgan fingerprint density at radius 3 is 2.48 bits per heavy atom. The SMILES string of the molecule is COC(=O)c1ccc(C(NC(=O)CC(C)C)c2ccc3cccnc3c2O)cc1. The van der Waals surface area contributed by atoms with Crippen LogP contribution in [-0.4, -0.2) is 29.1 Å². The van der Waals surface area contributed by atoms with E-state index in [4.69, 9.17) is 4.74 Å². The topological polar surface area (TPSA) is 88.5 Å². The minimum atomic E-state index is -0.584. The zero-order valence-electron chi connectivity index (χ0n) is 16.7. The third-order valence-corrected chi connectivity index (χ3v) is 4.65. The van der Waals surface area contributed by atoms with Crippen LogP contribution in [0.4, 0.5) is 0 Å². The first-order valence-electron chi connectivity index (χ1n) is 9.45. The Morgan fingerprint density at radius 2 is 1.83 bits per heavy atom. The van der Waals surface area contributed by atoms with Crippen molar-refractivity contribution in [1.29, 1.82) is 0 Å². The second-order valence-electron chi connectivity index (χ2n) is 7.29. The quantitative estimate of drug-likeness (QED) is 0.620. The van der Waals surface area contributed by atoms with Crippen molar-refractivity contribution in [3.8, 4) is 5.75 Å². The van der Waals surface area contributed by atoms with Gasteiger partial charge in [-0.2, -0.15) is 0 Å². The van der Waals surface area contributed by atoms with Gasteiger partial charge in [0.25, 0.3) is 0 Å². The van der Waals surface area contributed by atoms with E-state index in [1.807, 2.05) is 26.0 Å². The maximum absolute atomic E-state index is 12.5. The van der Waals surface area contributed by atoms with Gasteiger partial charge in [-0.05, 0) is 29.7 Å². The van der Waals surface area contributed by atoms with Crippen LogP contribution in [0.3, 0.4) is 0 Å². The lowest BCUT2D eigenvalue weighted by molar-refractivity contribution is -0.122. The van der Waals surface area contributed by atoms with E-state index in [0.717, 1.165) is 10.9 Å². The van der Waals surface area contributed by atoms with E-state index < -0.39 is 12.0 Å². The number of methoxy groups -OCH3 is 1. The second kappa shape index (κ2) is 8.73. The van der Waals surface area contributed by atoms with Crippen molar-refractivity contribution in [3.05, 3.63) is 71.4 Å². The van der Waals surface area contributed by atoms with Crippen molar-refractivity contribution >= 4 is 22.8 Å². The van der Waals surface area contributed by atoms with Gasteiger partial charge < -0.3 is 15.2 Å². The van der Waals surface area contributed by atoms with Crippen LogP contribution in [0.5, 0.6) is 5.75 Å². The fraction of sp³-hybridized carbons (Fsp3) is 0.261. The van der Waals surface area contributed by atoms with Crippen molar-refractivity contribution < 1.29 is 19.4 Å². The molecule has 0 saturated carbocycles. The molecule has 0 aliphatic rings. The molecule has 1 atom stereocenters. The molecule has 1 aromatic heterocycles. The molecule has 0 radical (unpaired) electrons. The number of ether oxygens (including phenoxy) is 1. The van der Waals surface area contributed by atoms with Gasteiger partial charge in [0.1, 0.15) is 11.3 Å². The van der Waals surface area contributed by atoms with Gasteiger partial charge in [0.15, 0.2) is 0 Å². The minimum Gasteiger partial charge on any atom is -0.505 e. The zero-order valence-corrected chi connectivity index (χ0v) is 16.7. The van der Waals surface area contributed by atoms with Gasteiger partial charge in [-0.1, -0.05) is 44.2 Å². The first-order chi connectivity index (χ1) is 13.9. The highest BCUT2D eigenvalue weighted by molar-refractivity contribution is 5.89. The number of esters is 1. The van der Waals surface area contributed by atoms with Crippen LogP contribution < -0.4 is 5.32 Å². The standard InChI is InChI=1S/C23H24N2O4/c1-14(2)13-19(26)25-20(16-6-8-17(9-7-16)23(28)29-3)18-11-10-15-5-4-12-24-21(15)22(18)27/h4-12,14,20,27H,13H2,1-3H3,(H,25,26). The maximum atomic E-state index is 12.5. The number of carbonyl (C=O) groups excluding carboxylic acids is 2. The number of fused-ring (bicyclic) bond motifs is 1. The van der Waals surface area contributed by atoms with Gasteiger partial charge in [-0.25, -0.2) is 4.79 Å². The van der Waals surface area contributed by atoms with Crippen LogP contribution in [-0.2, 0) is 9.53 Å². The summed E-state index contributed by atoms with van der Waals surface area (Å²) in [7, 11) is 1.32. The number of benzene rings is 2. The third kappa shape index (κ3) is 4.54. The Bertz CT molecular complexity index is 1030. The summed E-state index contributed by atoms with van der Waals surface area (Å²) in [4.78, 5) is 28.5. The van der Waals surface area contributed by atoms with Gasteiger partial charge in [-0.15, -0.1) is 0 Å². The number of hydrogen-bond donors (Lipinski definition) is 2. The third-order valence-electron chi connectivity index (χ3n) is 4.65. The molecule has 6 nitrogen and oxygen atoms in total. The van der Waals surface area contributed by atoms with E-state index in [2.05, 4.69) is 10.3 Å². The molecule has 2 aromatic carbocycles. The molecular weight excluding hydrogens is 368 g/mol. The molecule has 0 saturated heterocycles. The van der Waals surface area contributed by atoms with E-state index in [-0.39, 0.29) is 17.6 Å². The van der Waals surface area contributed by atoms with Crippen LogP contribution >= 0.6 is 0 Å². The predicted molar refractivity (Wildman–Crippen MR) is 111 cm³/mol. The van der Waals surface area contributed by atoms with Gasteiger partial charge in [0, 0.05) is 23.6 Å². The summed E-state index contributed by atoms with van der Waals surface area (Å²) in [5, 5.41) is 14.7. The molecule has 0 aliphatic carbocycles. The summed E-state index contributed by atoms with van der Waals surface area (Å²) in [6.07, 6.45) is 1.98. The number of amides is 1. The molecule has 0 fully saturated rings. The first kappa shape index (κ1) is 20.3. The molecule has 0 aliphatic heterocycles. The van der Waals surface area contributed by atoms with E-state index in [0.29, 0.717) is 23.1 Å². The minimum absolute atomic E-state index is 0.0231. The van der Waals surface area contributed by atoms with Crippen molar-refractivity contribution in [1.82, 2.24) is 10.3 Å². The monoisotopic (exact) mass is 392 g/mol. The number of phenolic OH excluding ortho intramolecular Hbond substituents is 1. The van der Waals surface area contributed by atoms with E-state index >= 15 is 0 Å². The summed E-state index contributed by atoms with van der Waals surface area (Å²) >= 11 is 0. The molecule has 1 heterocycles. The average molecular weight is 392 g/mol. The summed E-state index contributed by atoms with van der Waals surface area (Å²) in [5.41, 5.74) is 2.16. The van der Waals surface area contributed by atoms with Gasteiger partial charge in [0.2, 0.25) is 5.91 Å². The fourth-order valence-electron chi connectivity index (χ4n) is 3.24. The highest BCUT2D eigenvalue weighted by atomic mass is 16.5. The largest absolute Gasteiger partial charge is 0.505 e. The molecular formula is C23H24N2O4. The number of nitrogens with zero attached hydrogens (tertiary/aromatic N) is 1. The lowest BCUT2D eigenvalue weighted by atomic mass is 9.95. The summed E-state index contributed by atoms with van der Waals surface area (Å²) in [6, 6.07) is 13.5. The highest BCUT2D eigenvalue weighted by Gasteiger charge is 2.22. The smallest absolute Gasteiger partial charge is 0.337 e. The van der Waals surface area contributed by atoms with Gasteiger partial charge in [0.05, 0.1) is 18.7 Å². The Hall–Kier alpha value is -3.41. The molecule has 2 N–H and O–H groups in total. The normalized spacial score (nSPS) is 12.0. The van der Waals surface area contributed by atoms with Crippen LogP contribution in [0.2, 0.25) is 0 Å². The molecule has 6 heteroatoms. The predicted octanol–water partition coefficient (Wildman–Crippen LogP) is 3.98. The fourth-order valence-corrected chi connectivity index (χ4v) is 3.24. The van der Waals surface area contributed by atoms with E-state index in [1.165, 1.54) is 7.11 Å². The lowest BCUT2D eigenvalue weighted by Gasteiger charge is -2.22. The molecule has 29 heavy (non-hydrogen) atoms. The van der Waals surface area contributed by atoms with E-state index in [1.54, 1.807) is 42.6 Å². The average Bonchev–Trinajstić information content (AvgIpc) is 2.72. The van der Waals surface area contributed by atoms with Crippen molar-refractivity contribution in [2.45, 2.75) is 26.3 Å². The maximum Gasteiger partial charge on any atom is 0.337 e. The number of nitrogens with one attached hydrogen (secondary N) is 1. The number of aromatic hydroxyl groups is 1. The number of aromatic nitrogens is 1. The van der Waals surface area contributed by atoms with Crippen LogP contribution in [0.1, 0.15) is 47.8 Å². The summed E-state index contributed by atoms with van der Waals surface area (Å²) in [6.45, 7) is 3.94. The summed E-state index contributed by atoms with van der Waals surface area (Å²) < 4.78 is 4.74. The summed E-state index contributed by atoms with van der Waals surface area (Å²) in [5.74, 6) is -0.337. The van der Waals surface area contributed by atoms with Crippen LogP contribution in [0.25, 0.3) is 10.9 Å². The molecule has 0 spiro atoms. The Balaban J connectivity index is 2.05. The van der Waals surface area contributed by atoms with Gasteiger partial charge >= 0.3 is 5.97 Å². The Labute approximate surface area is 169 Å². The number of carbonyl (C=O) groups is 2. The molecule has 3 rings (SSSR count). The molecule has 150 valence electrons. The van der Waals surface area contributed by atoms with Crippen molar-refractivity contribution in [2.75, 3.05) is 7.11 Å². The zero-order chi connectivity index (χ0) is 21.0. The molecule has 1 unspecified atom stereocenters. The van der Waals surface area contributed by atoms with E-state index in [9.17, 15) is 14.7 Å². The Kier molecular flexibility index (Phi) is 6.12. The Morgan fingerprint density at radius 1 is 1.10 bits per heavy atom. The van der Waals surface area contributed by atoms with Crippen molar-refractivity contribution in [2.24, 2.45) is 5.92 Å². The number of pyridine rings is 1. The first-order valence-corrected chi connectivity index (χ1v) is 9.45.